The van der Waals surface area contributed by atoms with Gasteiger partial charge in [-0.1, -0.05) is 6.92 Å². The Kier molecular flexibility index (Phi) is 4.19. The molecule has 2 aromatic heterocycles. The van der Waals surface area contributed by atoms with Gasteiger partial charge in [-0.15, -0.1) is 10.2 Å². The van der Waals surface area contributed by atoms with Crippen molar-refractivity contribution < 1.29 is 8.42 Å². The van der Waals surface area contributed by atoms with E-state index < -0.39 is 16.1 Å². The van der Waals surface area contributed by atoms with E-state index in [9.17, 15) is 8.42 Å². The molecule has 0 aromatic carbocycles. The third kappa shape index (κ3) is 3.05. The number of hydrogen-bond donors (Lipinski definition) is 1. The van der Waals surface area contributed by atoms with Gasteiger partial charge < -0.3 is 4.57 Å². The Hall–Kier alpha value is -1.74. The normalized spacial score (nSPS) is 13.6. The van der Waals surface area contributed by atoms with Crippen LogP contribution in [0.4, 0.5) is 0 Å². The predicted molar refractivity (Wildman–Crippen MR) is 72.3 cm³/mol. The van der Waals surface area contributed by atoms with Crippen LogP contribution in [0.15, 0.2) is 23.6 Å². The van der Waals surface area contributed by atoms with Gasteiger partial charge in [0.15, 0.2) is 5.82 Å². The molecule has 0 saturated heterocycles. The maximum atomic E-state index is 12.2. The molecule has 1 unspecified atom stereocenters. The van der Waals surface area contributed by atoms with Crippen LogP contribution in [-0.4, -0.2) is 33.0 Å². The molecule has 2 rings (SSSR count). The Labute approximate surface area is 117 Å². The number of aryl methyl sites for hydroxylation is 2. The summed E-state index contributed by atoms with van der Waals surface area (Å²) in [4.78, 5) is 0.133. The first-order chi connectivity index (χ1) is 9.44. The SMILES string of the molecule is CCCn1cnnc1C(C)NS(=O)(=O)c1cnn(C)c1. The number of aromatic nitrogens is 5. The number of rotatable bonds is 6. The Morgan fingerprint density at radius 2 is 2.20 bits per heavy atom. The van der Waals surface area contributed by atoms with E-state index in [0.29, 0.717) is 5.82 Å². The van der Waals surface area contributed by atoms with E-state index in [4.69, 9.17) is 0 Å². The molecule has 0 aliphatic heterocycles. The van der Waals surface area contributed by atoms with Gasteiger partial charge in [0, 0.05) is 19.8 Å². The summed E-state index contributed by atoms with van der Waals surface area (Å²) in [7, 11) is -1.94. The first-order valence-electron chi connectivity index (χ1n) is 6.32. The predicted octanol–water partition coefficient (Wildman–Crippen LogP) is 0.461. The summed E-state index contributed by atoms with van der Waals surface area (Å²) in [5.41, 5.74) is 0. The monoisotopic (exact) mass is 298 g/mol. The van der Waals surface area contributed by atoms with Gasteiger partial charge in [-0.2, -0.15) is 5.10 Å². The molecule has 1 atom stereocenters. The third-order valence-corrected chi connectivity index (χ3v) is 4.32. The lowest BCUT2D eigenvalue weighted by Gasteiger charge is -2.13. The number of nitrogens with one attached hydrogen (secondary N) is 1. The van der Waals surface area contributed by atoms with Gasteiger partial charge in [-0.25, -0.2) is 13.1 Å². The second-order valence-corrected chi connectivity index (χ2v) is 6.29. The zero-order valence-corrected chi connectivity index (χ0v) is 12.5. The van der Waals surface area contributed by atoms with E-state index in [0.717, 1.165) is 13.0 Å². The van der Waals surface area contributed by atoms with Gasteiger partial charge in [-0.05, 0) is 13.3 Å². The lowest BCUT2D eigenvalue weighted by Crippen LogP contribution is -2.28. The molecule has 9 heteroatoms. The van der Waals surface area contributed by atoms with Crippen LogP contribution in [-0.2, 0) is 23.6 Å². The summed E-state index contributed by atoms with van der Waals surface area (Å²) in [5.74, 6) is 0.597. The van der Waals surface area contributed by atoms with Crippen LogP contribution in [0.1, 0.15) is 32.1 Å². The Morgan fingerprint density at radius 3 is 2.80 bits per heavy atom. The Balaban J connectivity index is 2.18. The fourth-order valence-electron chi connectivity index (χ4n) is 1.90. The number of nitrogens with zero attached hydrogens (tertiary/aromatic N) is 5. The molecule has 0 aliphatic carbocycles. The largest absolute Gasteiger partial charge is 0.316 e. The van der Waals surface area contributed by atoms with E-state index in [1.807, 2.05) is 11.5 Å². The summed E-state index contributed by atoms with van der Waals surface area (Å²) in [6.45, 7) is 4.53. The maximum Gasteiger partial charge on any atom is 0.244 e. The topological polar surface area (TPSA) is 94.7 Å². The molecule has 0 spiro atoms. The minimum atomic E-state index is -3.61. The van der Waals surface area contributed by atoms with Gasteiger partial charge >= 0.3 is 0 Å². The smallest absolute Gasteiger partial charge is 0.244 e. The van der Waals surface area contributed by atoms with Gasteiger partial charge in [0.05, 0.1) is 12.2 Å². The second kappa shape index (κ2) is 5.71. The average molecular weight is 298 g/mol. The van der Waals surface area contributed by atoms with Gasteiger partial charge in [0.1, 0.15) is 11.2 Å². The van der Waals surface area contributed by atoms with Gasteiger partial charge in [0.2, 0.25) is 10.0 Å². The van der Waals surface area contributed by atoms with Crippen molar-refractivity contribution in [2.45, 2.75) is 37.8 Å². The Bertz CT molecular complexity index is 675. The van der Waals surface area contributed by atoms with Crippen LogP contribution in [0, 0.1) is 0 Å². The van der Waals surface area contributed by atoms with E-state index in [1.165, 1.54) is 17.1 Å². The molecule has 0 aliphatic rings. The zero-order chi connectivity index (χ0) is 14.8. The van der Waals surface area contributed by atoms with Crippen molar-refractivity contribution in [1.29, 1.82) is 0 Å². The molecule has 0 amide bonds. The standard InChI is InChI=1S/C11H18N6O2S/c1-4-5-17-8-12-14-11(17)9(2)15-20(18,19)10-6-13-16(3)7-10/h6-9,15H,4-5H2,1-3H3. The molecule has 110 valence electrons. The first-order valence-corrected chi connectivity index (χ1v) is 7.81. The number of hydrogen-bond acceptors (Lipinski definition) is 5. The highest BCUT2D eigenvalue weighted by Crippen LogP contribution is 2.14. The van der Waals surface area contributed by atoms with Crippen molar-refractivity contribution >= 4 is 10.0 Å². The van der Waals surface area contributed by atoms with Gasteiger partial charge in [0.25, 0.3) is 0 Å². The summed E-state index contributed by atoms with van der Waals surface area (Å²) in [6, 6.07) is -0.464. The molecule has 2 heterocycles. The van der Waals surface area contributed by atoms with Crippen molar-refractivity contribution in [2.24, 2.45) is 7.05 Å². The first kappa shape index (κ1) is 14.7. The van der Waals surface area contributed by atoms with E-state index >= 15 is 0 Å². The highest BCUT2D eigenvalue weighted by Gasteiger charge is 2.22. The fraction of sp³-hybridized carbons (Fsp3) is 0.545. The van der Waals surface area contributed by atoms with E-state index in [1.54, 1.807) is 20.3 Å². The molecular formula is C11H18N6O2S. The fourth-order valence-corrected chi connectivity index (χ4v) is 3.09. The van der Waals surface area contributed by atoms with Crippen LogP contribution in [0.2, 0.25) is 0 Å². The lowest BCUT2D eigenvalue weighted by atomic mass is 10.3. The molecule has 1 N–H and O–H groups in total. The molecule has 20 heavy (non-hydrogen) atoms. The van der Waals surface area contributed by atoms with Crippen LogP contribution >= 0.6 is 0 Å². The summed E-state index contributed by atoms with van der Waals surface area (Å²) in [5, 5.41) is 11.7. The summed E-state index contributed by atoms with van der Waals surface area (Å²) >= 11 is 0. The van der Waals surface area contributed by atoms with Crippen molar-refractivity contribution in [3.8, 4) is 0 Å². The highest BCUT2D eigenvalue weighted by molar-refractivity contribution is 7.89. The Morgan fingerprint density at radius 1 is 1.45 bits per heavy atom. The van der Waals surface area contributed by atoms with Crippen molar-refractivity contribution in [2.75, 3.05) is 0 Å². The minimum absolute atomic E-state index is 0.133. The second-order valence-electron chi connectivity index (χ2n) is 4.58. The third-order valence-electron chi connectivity index (χ3n) is 2.82. The van der Waals surface area contributed by atoms with Crippen molar-refractivity contribution in [1.82, 2.24) is 29.3 Å². The molecular weight excluding hydrogens is 280 g/mol. The van der Waals surface area contributed by atoms with Gasteiger partial charge in [-0.3, -0.25) is 4.68 Å². The average Bonchev–Trinajstić information content (AvgIpc) is 2.98. The number of sulfonamides is 1. The summed E-state index contributed by atoms with van der Waals surface area (Å²) < 4.78 is 30.3. The van der Waals surface area contributed by atoms with E-state index in [2.05, 4.69) is 20.0 Å². The van der Waals surface area contributed by atoms with Crippen LogP contribution in [0.3, 0.4) is 0 Å². The van der Waals surface area contributed by atoms with E-state index in [-0.39, 0.29) is 4.90 Å². The molecule has 8 nitrogen and oxygen atoms in total. The molecule has 0 radical (unpaired) electrons. The molecule has 0 bridgehead atoms. The highest BCUT2D eigenvalue weighted by atomic mass is 32.2. The summed E-state index contributed by atoms with van der Waals surface area (Å²) in [6.07, 6.45) is 5.29. The zero-order valence-electron chi connectivity index (χ0n) is 11.7. The molecule has 0 saturated carbocycles. The van der Waals surface area contributed by atoms with Crippen LogP contribution in [0.5, 0.6) is 0 Å². The van der Waals surface area contributed by atoms with Crippen LogP contribution in [0.25, 0.3) is 0 Å². The maximum absolute atomic E-state index is 12.2. The molecule has 2 aromatic rings. The quantitative estimate of drug-likeness (QED) is 0.836. The van der Waals surface area contributed by atoms with Crippen LogP contribution < -0.4 is 4.72 Å². The molecule has 0 fully saturated rings. The lowest BCUT2D eigenvalue weighted by molar-refractivity contribution is 0.539. The minimum Gasteiger partial charge on any atom is -0.316 e. The van der Waals surface area contributed by atoms with Crippen molar-refractivity contribution in [3.05, 3.63) is 24.5 Å². The van der Waals surface area contributed by atoms with Crippen molar-refractivity contribution in [3.63, 3.8) is 0 Å².